The van der Waals surface area contributed by atoms with E-state index in [1.165, 1.54) is 19.3 Å². The molecule has 0 N–H and O–H groups in total. The molecule has 2 atom stereocenters. The third-order valence-electron chi connectivity index (χ3n) is 5.34. The van der Waals surface area contributed by atoms with Gasteiger partial charge in [0, 0.05) is 30.6 Å². The van der Waals surface area contributed by atoms with Crippen molar-refractivity contribution < 1.29 is 9.53 Å². The Bertz CT molecular complexity index is 530. The number of halogens is 1. The van der Waals surface area contributed by atoms with Crippen LogP contribution < -0.4 is 0 Å². The second-order valence-electron chi connectivity index (χ2n) is 6.70. The van der Waals surface area contributed by atoms with Crippen LogP contribution in [0.3, 0.4) is 0 Å². The number of nitrogens with zero attached hydrogens (tertiary/aromatic N) is 1. The lowest BCUT2D eigenvalue weighted by molar-refractivity contribution is -0.136. The van der Waals surface area contributed by atoms with E-state index in [1.54, 1.807) is 0 Å². The van der Waals surface area contributed by atoms with Gasteiger partial charge in [-0.3, -0.25) is 4.79 Å². The zero-order valence-electron chi connectivity index (χ0n) is 13.2. The summed E-state index contributed by atoms with van der Waals surface area (Å²) in [6.45, 7) is 1.74. The van der Waals surface area contributed by atoms with E-state index >= 15 is 0 Å². The van der Waals surface area contributed by atoms with Crippen LogP contribution in [0, 0.1) is 5.41 Å². The van der Waals surface area contributed by atoms with Crippen molar-refractivity contribution in [3.05, 3.63) is 34.9 Å². The molecule has 2 aliphatic rings. The van der Waals surface area contributed by atoms with Crippen LogP contribution in [-0.4, -0.2) is 37.1 Å². The summed E-state index contributed by atoms with van der Waals surface area (Å²) in [5, 5.41) is 0.710. The first-order valence-electron chi connectivity index (χ1n) is 8.18. The first kappa shape index (κ1) is 15.8. The Kier molecular flexibility index (Phi) is 4.74. The molecule has 120 valence electrons. The first-order valence-corrected chi connectivity index (χ1v) is 8.56. The van der Waals surface area contributed by atoms with Crippen LogP contribution in [0.5, 0.6) is 0 Å². The van der Waals surface area contributed by atoms with Gasteiger partial charge in [0.2, 0.25) is 5.91 Å². The maximum atomic E-state index is 12.6. The Balaban J connectivity index is 1.66. The molecule has 3 rings (SSSR count). The predicted octanol–water partition coefficient (Wildman–Crippen LogP) is 3.69. The minimum atomic E-state index is 0.197. The lowest BCUT2D eigenvalue weighted by Crippen LogP contribution is -2.50. The van der Waals surface area contributed by atoms with E-state index in [4.69, 9.17) is 16.3 Å². The molecular weight excluding hydrogens is 298 g/mol. The summed E-state index contributed by atoms with van der Waals surface area (Å²) >= 11 is 5.90. The number of piperidine rings is 1. The highest BCUT2D eigenvalue weighted by Crippen LogP contribution is 2.46. The van der Waals surface area contributed by atoms with Gasteiger partial charge in [0.25, 0.3) is 0 Å². The third kappa shape index (κ3) is 3.16. The predicted molar refractivity (Wildman–Crippen MR) is 88.1 cm³/mol. The molecule has 1 aromatic carbocycles. The molecule has 1 aromatic rings. The van der Waals surface area contributed by atoms with Gasteiger partial charge in [0.15, 0.2) is 0 Å². The Labute approximate surface area is 137 Å². The molecule has 2 fully saturated rings. The van der Waals surface area contributed by atoms with Crippen LogP contribution in [0.4, 0.5) is 0 Å². The summed E-state index contributed by atoms with van der Waals surface area (Å²) in [5.74, 6) is 0.225. The minimum Gasteiger partial charge on any atom is -0.381 e. The smallest absolute Gasteiger partial charge is 0.227 e. The molecule has 1 amide bonds. The zero-order chi connectivity index (χ0) is 15.6. The lowest BCUT2D eigenvalue weighted by atomic mass is 9.76. The van der Waals surface area contributed by atoms with Crippen molar-refractivity contribution in [3.8, 4) is 0 Å². The van der Waals surface area contributed by atoms with Crippen molar-refractivity contribution in [3.63, 3.8) is 0 Å². The summed E-state index contributed by atoms with van der Waals surface area (Å²) in [4.78, 5) is 14.7. The number of hydrogen-bond acceptors (Lipinski definition) is 2. The maximum absolute atomic E-state index is 12.6. The molecular formula is C18H24ClNO2. The van der Waals surface area contributed by atoms with Gasteiger partial charge in [0.05, 0.1) is 12.5 Å². The summed E-state index contributed by atoms with van der Waals surface area (Å²) in [7, 11) is 1.81. The highest BCUT2D eigenvalue weighted by Gasteiger charge is 2.46. The number of rotatable bonds is 3. The largest absolute Gasteiger partial charge is 0.381 e. The van der Waals surface area contributed by atoms with Gasteiger partial charge in [-0.1, -0.05) is 30.2 Å². The number of ether oxygens (including phenoxy) is 1. The van der Waals surface area contributed by atoms with Crippen molar-refractivity contribution in [1.82, 2.24) is 4.90 Å². The van der Waals surface area contributed by atoms with Gasteiger partial charge in [0.1, 0.15) is 0 Å². The average molecular weight is 322 g/mol. The van der Waals surface area contributed by atoms with Crippen LogP contribution in [-0.2, 0) is 16.0 Å². The van der Waals surface area contributed by atoms with Gasteiger partial charge >= 0.3 is 0 Å². The highest BCUT2D eigenvalue weighted by atomic mass is 35.5. The van der Waals surface area contributed by atoms with Crippen molar-refractivity contribution in [2.24, 2.45) is 5.41 Å². The molecule has 1 heterocycles. The quantitative estimate of drug-likeness (QED) is 0.849. The second-order valence-corrected chi connectivity index (χ2v) is 7.14. The standard InChI is InChI=1S/C18H24ClNO2/c1-22-16-4-2-9-18(16)10-3-11-20(13-18)17(21)12-14-5-7-15(19)8-6-14/h5-8,16H,2-4,9-13H2,1H3/t16-,18-/m1/s1. The van der Waals surface area contributed by atoms with Gasteiger partial charge in [-0.05, 0) is 43.4 Å². The third-order valence-corrected chi connectivity index (χ3v) is 5.59. The molecule has 0 radical (unpaired) electrons. The highest BCUT2D eigenvalue weighted by molar-refractivity contribution is 6.30. The van der Waals surface area contributed by atoms with E-state index in [0.717, 1.165) is 31.5 Å². The van der Waals surface area contributed by atoms with Gasteiger partial charge in [-0.25, -0.2) is 0 Å². The van der Waals surface area contributed by atoms with E-state index < -0.39 is 0 Å². The molecule has 1 aliphatic carbocycles. The second kappa shape index (κ2) is 6.59. The van der Waals surface area contributed by atoms with Crippen molar-refractivity contribution in [1.29, 1.82) is 0 Å². The number of methoxy groups -OCH3 is 1. The van der Waals surface area contributed by atoms with Gasteiger partial charge in [-0.15, -0.1) is 0 Å². The van der Waals surface area contributed by atoms with E-state index in [9.17, 15) is 4.79 Å². The molecule has 4 heteroatoms. The summed E-state index contributed by atoms with van der Waals surface area (Å²) in [6, 6.07) is 7.57. The molecule has 3 nitrogen and oxygen atoms in total. The molecule has 0 unspecified atom stereocenters. The molecule has 1 aliphatic heterocycles. The molecule has 22 heavy (non-hydrogen) atoms. The summed E-state index contributed by atoms with van der Waals surface area (Å²) < 4.78 is 5.71. The normalized spacial score (nSPS) is 28.3. The van der Waals surface area contributed by atoms with E-state index in [2.05, 4.69) is 4.90 Å². The van der Waals surface area contributed by atoms with Crippen LogP contribution in [0.25, 0.3) is 0 Å². The first-order chi connectivity index (χ1) is 10.6. The fourth-order valence-electron chi connectivity index (χ4n) is 4.20. The van der Waals surface area contributed by atoms with Crippen molar-refractivity contribution in [2.45, 2.75) is 44.6 Å². The Morgan fingerprint density at radius 3 is 2.77 bits per heavy atom. The molecule has 1 saturated heterocycles. The van der Waals surface area contributed by atoms with Gasteiger partial charge < -0.3 is 9.64 Å². The fraction of sp³-hybridized carbons (Fsp3) is 0.611. The maximum Gasteiger partial charge on any atom is 0.227 e. The van der Waals surface area contributed by atoms with Crippen molar-refractivity contribution >= 4 is 17.5 Å². The fourth-order valence-corrected chi connectivity index (χ4v) is 4.33. The summed E-state index contributed by atoms with van der Waals surface area (Å²) in [6.07, 6.45) is 6.61. The topological polar surface area (TPSA) is 29.5 Å². The molecule has 1 spiro atoms. The number of benzene rings is 1. The van der Waals surface area contributed by atoms with E-state index in [1.807, 2.05) is 31.4 Å². The van der Waals surface area contributed by atoms with Crippen LogP contribution in [0.2, 0.25) is 5.02 Å². The van der Waals surface area contributed by atoms with Crippen LogP contribution >= 0.6 is 11.6 Å². The molecule has 0 aromatic heterocycles. The molecule has 1 saturated carbocycles. The van der Waals surface area contributed by atoms with E-state index in [-0.39, 0.29) is 11.3 Å². The number of likely N-dealkylation sites (tertiary alicyclic amines) is 1. The number of amides is 1. The Morgan fingerprint density at radius 2 is 2.05 bits per heavy atom. The molecule has 0 bridgehead atoms. The van der Waals surface area contributed by atoms with Crippen molar-refractivity contribution in [2.75, 3.05) is 20.2 Å². The Hall–Kier alpha value is -1.06. The van der Waals surface area contributed by atoms with Crippen LogP contribution in [0.1, 0.15) is 37.7 Å². The average Bonchev–Trinajstić information content (AvgIpc) is 2.91. The van der Waals surface area contributed by atoms with E-state index in [0.29, 0.717) is 17.5 Å². The number of hydrogen-bond donors (Lipinski definition) is 0. The lowest BCUT2D eigenvalue weighted by Gasteiger charge is -2.43. The van der Waals surface area contributed by atoms with Crippen LogP contribution in [0.15, 0.2) is 24.3 Å². The monoisotopic (exact) mass is 321 g/mol. The van der Waals surface area contributed by atoms with Gasteiger partial charge in [-0.2, -0.15) is 0 Å². The minimum absolute atomic E-state index is 0.197. The summed E-state index contributed by atoms with van der Waals surface area (Å²) in [5.41, 5.74) is 1.23. The number of carbonyl (C=O) groups excluding carboxylic acids is 1. The Morgan fingerprint density at radius 1 is 1.32 bits per heavy atom. The SMILES string of the molecule is CO[C@@H]1CCC[C@]12CCCN(C(=O)Cc1ccc(Cl)cc1)C2. The zero-order valence-corrected chi connectivity index (χ0v) is 13.9. The number of carbonyl (C=O) groups is 1.